The third kappa shape index (κ3) is 2.18. The molecule has 2 aromatic rings. The highest BCUT2D eigenvalue weighted by molar-refractivity contribution is 9.10. The Bertz CT molecular complexity index is 456. The molecular weight excluding hydrogens is 254 g/mol. The molecule has 0 unspecified atom stereocenters. The average Bonchev–Trinajstić information content (AvgIpc) is 2.31. The first kappa shape index (κ1) is 10.2. The molecule has 1 heterocycles. The number of hydrogen-bond acceptors (Lipinski definition) is 2. The summed E-state index contributed by atoms with van der Waals surface area (Å²) in [6, 6.07) is 11.7. The molecule has 0 radical (unpaired) electrons. The van der Waals surface area contributed by atoms with Gasteiger partial charge in [0.05, 0.1) is 12.8 Å². The summed E-state index contributed by atoms with van der Waals surface area (Å²) in [7, 11) is 1.66. The van der Waals surface area contributed by atoms with E-state index >= 15 is 0 Å². The number of hydrogen-bond donors (Lipinski definition) is 0. The average molecular weight is 264 g/mol. The molecule has 1 aromatic heterocycles. The molecule has 76 valence electrons. The second-order valence-electron chi connectivity index (χ2n) is 3.06. The predicted molar refractivity (Wildman–Crippen MR) is 63.9 cm³/mol. The summed E-state index contributed by atoms with van der Waals surface area (Å²) in [5, 5.41) is 0. The minimum absolute atomic E-state index is 0.832. The van der Waals surface area contributed by atoms with Gasteiger partial charge in [0.25, 0.3) is 0 Å². The fourth-order valence-corrected chi connectivity index (χ4v) is 1.80. The Morgan fingerprint density at radius 1 is 1.20 bits per heavy atom. The second kappa shape index (κ2) is 4.45. The molecule has 0 spiro atoms. The minimum atomic E-state index is 0.832. The summed E-state index contributed by atoms with van der Waals surface area (Å²) in [5.41, 5.74) is 1.97. The molecule has 0 aliphatic heterocycles. The van der Waals surface area contributed by atoms with Crippen molar-refractivity contribution >= 4 is 15.9 Å². The van der Waals surface area contributed by atoms with Crippen molar-refractivity contribution in [1.82, 2.24) is 4.98 Å². The fraction of sp³-hybridized carbons (Fsp3) is 0.0833. The standard InChI is InChI=1S/C12H10BrNO/c1-15-9-5-6-11(13)10(8-9)12-4-2-3-7-14-12/h2-8H,1H3. The van der Waals surface area contributed by atoms with Crippen molar-refractivity contribution in [3.05, 3.63) is 47.1 Å². The summed E-state index contributed by atoms with van der Waals surface area (Å²) in [6.45, 7) is 0. The molecule has 0 amide bonds. The quantitative estimate of drug-likeness (QED) is 0.827. The van der Waals surface area contributed by atoms with Crippen LogP contribution in [0.1, 0.15) is 0 Å². The van der Waals surface area contributed by atoms with E-state index in [0.29, 0.717) is 0 Å². The van der Waals surface area contributed by atoms with E-state index < -0.39 is 0 Å². The van der Waals surface area contributed by atoms with Crippen LogP contribution in [0.3, 0.4) is 0 Å². The maximum Gasteiger partial charge on any atom is 0.119 e. The Morgan fingerprint density at radius 2 is 2.07 bits per heavy atom. The third-order valence-corrected chi connectivity index (χ3v) is 2.81. The predicted octanol–water partition coefficient (Wildman–Crippen LogP) is 3.52. The van der Waals surface area contributed by atoms with Gasteiger partial charge in [0, 0.05) is 16.2 Å². The Balaban J connectivity index is 2.52. The number of halogens is 1. The minimum Gasteiger partial charge on any atom is -0.497 e. The molecule has 0 saturated heterocycles. The van der Waals surface area contributed by atoms with Crippen molar-refractivity contribution in [1.29, 1.82) is 0 Å². The van der Waals surface area contributed by atoms with Crippen LogP contribution in [0.5, 0.6) is 5.75 Å². The number of benzene rings is 1. The lowest BCUT2D eigenvalue weighted by Gasteiger charge is -2.06. The van der Waals surface area contributed by atoms with E-state index in [4.69, 9.17) is 4.74 Å². The number of aromatic nitrogens is 1. The van der Waals surface area contributed by atoms with Gasteiger partial charge in [-0.25, -0.2) is 0 Å². The number of pyridine rings is 1. The first-order chi connectivity index (χ1) is 7.31. The van der Waals surface area contributed by atoms with E-state index in [1.165, 1.54) is 0 Å². The summed E-state index contributed by atoms with van der Waals surface area (Å²) in [5.74, 6) is 0.832. The van der Waals surface area contributed by atoms with Crippen molar-refractivity contribution in [3.63, 3.8) is 0 Å². The molecule has 0 aliphatic carbocycles. The smallest absolute Gasteiger partial charge is 0.119 e. The zero-order valence-electron chi connectivity index (χ0n) is 8.27. The van der Waals surface area contributed by atoms with Gasteiger partial charge >= 0.3 is 0 Å². The van der Waals surface area contributed by atoms with Crippen molar-refractivity contribution in [2.45, 2.75) is 0 Å². The van der Waals surface area contributed by atoms with Crippen molar-refractivity contribution < 1.29 is 4.74 Å². The zero-order chi connectivity index (χ0) is 10.7. The molecule has 0 bridgehead atoms. The molecule has 0 fully saturated rings. The van der Waals surface area contributed by atoms with E-state index in [0.717, 1.165) is 21.5 Å². The highest BCUT2D eigenvalue weighted by Gasteiger charge is 2.05. The second-order valence-corrected chi connectivity index (χ2v) is 3.92. The van der Waals surface area contributed by atoms with Crippen molar-refractivity contribution in [3.8, 4) is 17.0 Å². The number of rotatable bonds is 2. The van der Waals surface area contributed by atoms with E-state index in [9.17, 15) is 0 Å². The number of ether oxygens (including phenoxy) is 1. The molecule has 0 aliphatic rings. The van der Waals surface area contributed by atoms with Crippen LogP contribution in [0.2, 0.25) is 0 Å². The van der Waals surface area contributed by atoms with E-state index in [-0.39, 0.29) is 0 Å². The van der Waals surface area contributed by atoms with E-state index in [1.54, 1.807) is 13.3 Å². The largest absolute Gasteiger partial charge is 0.497 e. The first-order valence-electron chi connectivity index (χ1n) is 4.56. The normalized spacial score (nSPS) is 10.0. The SMILES string of the molecule is COc1ccc(Br)c(-c2ccccn2)c1. The Morgan fingerprint density at radius 3 is 2.73 bits per heavy atom. The molecule has 3 heteroatoms. The Labute approximate surface area is 97.1 Å². The first-order valence-corrected chi connectivity index (χ1v) is 5.35. The van der Waals surface area contributed by atoms with Gasteiger partial charge in [0.15, 0.2) is 0 Å². The Hall–Kier alpha value is -1.35. The van der Waals surface area contributed by atoms with Crippen LogP contribution < -0.4 is 4.74 Å². The van der Waals surface area contributed by atoms with Gasteiger partial charge in [0.1, 0.15) is 5.75 Å². The molecular formula is C12H10BrNO. The van der Waals surface area contributed by atoms with Crippen LogP contribution >= 0.6 is 15.9 Å². The van der Waals surface area contributed by atoms with Crippen LogP contribution in [0.4, 0.5) is 0 Å². The van der Waals surface area contributed by atoms with Gasteiger partial charge in [-0.2, -0.15) is 0 Å². The summed E-state index contributed by atoms with van der Waals surface area (Å²) < 4.78 is 6.20. The number of methoxy groups -OCH3 is 1. The number of nitrogens with zero attached hydrogens (tertiary/aromatic N) is 1. The molecule has 0 atom stereocenters. The lowest BCUT2D eigenvalue weighted by molar-refractivity contribution is 0.415. The highest BCUT2D eigenvalue weighted by atomic mass is 79.9. The van der Waals surface area contributed by atoms with Crippen molar-refractivity contribution in [2.75, 3.05) is 7.11 Å². The lowest BCUT2D eigenvalue weighted by atomic mass is 10.1. The lowest BCUT2D eigenvalue weighted by Crippen LogP contribution is -1.87. The molecule has 2 rings (SSSR count). The monoisotopic (exact) mass is 263 g/mol. The van der Waals surface area contributed by atoms with Crippen LogP contribution in [-0.2, 0) is 0 Å². The zero-order valence-corrected chi connectivity index (χ0v) is 9.86. The molecule has 15 heavy (non-hydrogen) atoms. The summed E-state index contributed by atoms with van der Waals surface area (Å²) in [6.07, 6.45) is 1.78. The van der Waals surface area contributed by atoms with Gasteiger partial charge in [0.2, 0.25) is 0 Å². The maximum absolute atomic E-state index is 5.18. The van der Waals surface area contributed by atoms with Crippen LogP contribution in [0.15, 0.2) is 47.1 Å². The topological polar surface area (TPSA) is 22.1 Å². The van der Waals surface area contributed by atoms with Crippen molar-refractivity contribution in [2.24, 2.45) is 0 Å². The van der Waals surface area contributed by atoms with Gasteiger partial charge < -0.3 is 4.74 Å². The van der Waals surface area contributed by atoms with Gasteiger partial charge in [-0.3, -0.25) is 4.98 Å². The molecule has 1 aromatic carbocycles. The van der Waals surface area contributed by atoms with Gasteiger partial charge in [-0.1, -0.05) is 22.0 Å². The molecule has 0 N–H and O–H groups in total. The highest BCUT2D eigenvalue weighted by Crippen LogP contribution is 2.30. The van der Waals surface area contributed by atoms with Crippen LogP contribution in [-0.4, -0.2) is 12.1 Å². The summed E-state index contributed by atoms with van der Waals surface area (Å²) in [4.78, 5) is 4.30. The van der Waals surface area contributed by atoms with Gasteiger partial charge in [-0.05, 0) is 30.3 Å². The molecule has 2 nitrogen and oxygen atoms in total. The van der Waals surface area contributed by atoms with E-state index in [1.807, 2.05) is 36.4 Å². The Kier molecular flexibility index (Phi) is 3.02. The molecule has 0 saturated carbocycles. The summed E-state index contributed by atoms with van der Waals surface area (Å²) >= 11 is 3.50. The van der Waals surface area contributed by atoms with E-state index in [2.05, 4.69) is 20.9 Å². The maximum atomic E-state index is 5.18. The van der Waals surface area contributed by atoms with Crippen LogP contribution in [0.25, 0.3) is 11.3 Å². The fourth-order valence-electron chi connectivity index (χ4n) is 1.35. The van der Waals surface area contributed by atoms with Gasteiger partial charge in [-0.15, -0.1) is 0 Å². The van der Waals surface area contributed by atoms with Crippen LogP contribution in [0, 0.1) is 0 Å². The third-order valence-electron chi connectivity index (χ3n) is 2.11.